The van der Waals surface area contributed by atoms with Gasteiger partial charge in [0.05, 0.1) is 18.1 Å². The zero-order valence-corrected chi connectivity index (χ0v) is 13.9. The Bertz CT molecular complexity index is 639. The fraction of sp³-hybridized carbons (Fsp3) is 0.750. The Balaban J connectivity index is 1.55. The van der Waals surface area contributed by atoms with Crippen LogP contribution in [0.5, 0.6) is 0 Å². The van der Waals surface area contributed by atoms with Crippen molar-refractivity contribution in [2.24, 2.45) is 13.0 Å². The van der Waals surface area contributed by atoms with Gasteiger partial charge < -0.3 is 14.5 Å². The monoisotopic (exact) mass is 333 g/mol. The predicted molar refractivity (Wildman–Crippen MR) is 84.1 cm³/mol. The third kappa shape index (κ3) is 2.68. The minimum absolute atomic E-state index is 0.0314. The van der Waals surface area contributed by atoms with Crippen LogP contribution in [0.4, 0.5) is 0 Å². The molecule has 3 fully saturated rings. The number of rotatable bonds is 2. The fourth-order valence-electron chi connectivity index (χ4n) is 4.12. The van der Waals surface area contributed by atoms with Crippen molar-refractivity contribution in [2.75, 3.05) is 26.2 Å². The molecule has 1 aromatic rings. The van der Waals surface area contributed by atoms with Crippen LogP contribution < -0.4 is 0 Å². The largest absolute Gasteiger partial charge is 0.376 e. The SMILES string of the molecule is Cn1cnc(C(=O)N2C[C@H](C(=O)N3CCCC3)C[C@H]3OCC[C@H]32)n1. The van der Waals surface area contributed by atoms with Gasteiger partial charge in [-0.25, -0.2) is 4.98 Å². The minimum atomic E-state index is -0.199. The Kier molecular flexibility index (Phi) is 3.99. The topological polar surface area (TPSA) is 80.6 Å². The van der Waals surface area contributed by atoms with Gasteiger partial charge in [0, 0.05) is 33.3 Å². The summed E-state index contributed by atoms with van der Waals surface area (Å²) in [6.07, 6.45) is 5.13. The van der Waals surface area contributed by atoms with Crippen LogP contribution in [0.25, 0.3) is 0 Å². The number of ether oxygens (including phenoxy) is 1. The van der Waals surface area contributed by atoms with E-state index in [1.165, 1.54) is 11.0 Å². The summed E-state index contributed by atoms with van der Waals surface area (Å²) in [7, 11) is 1.74. The molecule has 3 saturated heterocycles. The third-order valence-electron chi connectivity index (χ3n) is 5.33. The first-order chi connectivity index (χ1) is 11.6. The molecule has 0 spiro atoms. The van der Waals surface area contributed by atoms with Gasteiger partial charge in [0.1, 0.15) is 6.33 Å². The summed E-state index contributed by atoms with van der Waals surface area (Å²) in [6, 6.07) is 0.0314. The number of piperidine rings is 1. The number of hydrogen-bond donors (Lipinski definition) is 0. The number of amides is 2. The molecule has 0 saturated carbocycles. The van der Waals surface area contributed by atoms with E-state index in [1.54, 1.807) is 11.9 Å². The highest BCUT2D eigenvalue weighted by Crippen LogP contribution is 2.33. The van der Waals surface area contributed by atoms with E-state index in [4.69, 9.17) is 4.74 Å². The molecule has 1 aromatic heterocycles. The molecule has 130 valence electrons. The van der Waals surface area contributed by atoms with Gasteiger partial charge in [0.15, 0.2) is 0 Å². The number of likely N-dealkylation sites (tertiary alicyclic amines) is 2. The predicted octanol–water partition coefficient (Wildman–Crippen LogP) is 0.0571. The van der Waals surface area contributed by atoms with Crippen molar-refractivity contribution >= 4 is 11.8 Å². The molecule has 3 atom stereocenters. The first kappa shape index (κ1) is 15.6. The molecule has 4 rings (SSSR count). The van der Waals surface area contributed by atoms with Gasteiger partial charge in [-0.15, -0.1) is 5.10 Å². The maximum atomic E-state index is 12.9. The van der Waals surface area contributed by atoms with Crippen molar-refractivity contribution in [1.82, 2.24) is 24.6 Å². The lowest BCUT2D eigenvalue weighted by Gasteiger charge is -2.40. The minimum Gasteiger partial charge on any atom is -0.376 e. The van der Waals surface area contributed by atoms with Crippen LogP contribution >= 0.6 is 0 Å². The molecular weight excluding hydrogens is 310 g/mol. The molecule has 4 heterocycles. The average molecular weight is 333 g/mol. The van der Waals surface area contributed by atoms with Crippen LogP contribution in [-0.2, 0) is 16.6 Å². The number of nitrogens with zero attached hydrogens (tertiary/aromatic N) is 5. The van der Waals surface area contributed by atoms with E-state index in [0.29, 0.717) is 19.6 Å². The first-order valence-electron chi connectivity index (χ1n) is 8.70. The van der Waals surface area contributed by atoms with E-state index in [0.717, 1.165) is 32.4 Å². The number of carbonyl (C=O) groups is 2. The van der Waals surface area contributed by atoms with Crippen LogP contribution in [0.1, 0.15) is 36.3 Å². The second kappa shape index (κ2) is 6.16. The average Bonchev–Trinajstić information content (AvgIpc) is 3.33. The maximum Gasteiger partial charge on any atom is 0.293 e. The number of aromatic nitrogens is 3. The summed E-state index contributed by atoms with van der Waals surface area (Å²) in [5.74, 6) is -0.0317. The Morgan fingerprint density at radius 1 is 1.29 bits per heavy atom. The summed E-state index contributed by atoms with van der Waals surface area (Å²) in [4.78, 5) is 33.4. The van der Waals surface area contributed by atoms with Crippen LogP contribution in [0.3, 0.4) is 0 Å². The van der Waals surface area contributed by atoms with Gasteiger partial charge in [0.2, 0.25) is 11.7 Å². The van der Waals surface area contributed by atoms with Crippen molar-refractivity contribution in [3.63, 3.8) is 0 Å². The molecule has 0 aromatic carbocycles. The molecule has 8 heteroatoms. The lowest BCUT2D eigenvalue weighted by atomic mass is 9.89. The lowest BCUT2D eigenvalue weighted by molar-refractivity contribution is -0.138. The Morgan fingerprint density at radius 3 is 2.79 bits per heavy atom. The quantitative estimate of drug-likeness (QED) is 0.764. The standard InChI is InChI=1S/C16H23N5O3/c1-19-10-17-14(18-19)16(23)21-9-11(8-13-12(21)4-7-24-13)15(22)20-5-2-3-6-20/h10-13H,2-9H2,1H3/t11-,12-,13-/m1/s1. The van der Waals surface area contributed by atoms with Crippen LogP contribution in [0, 0.1) is 5.92 Å². The number of hydrogen-bond acceptors (Lipinski definition) is 5. The highest BCUT2D eigenvalue weighted by atomic mass is 16.5. The number of fused-ring (bicyclic) bond motifs is 1. The molecule has 0 radical (unpaired) electrons. The van der Waals surface area contributed by atoms with Gasteiger partial charge in [0.25, 0.3) is 5.91 Å². The smallest absolute Gasteiger partial charge is 0.293 e. The second-order valence-corrected chi connectivity index (χ2v) is 6.93. The molecular formula is C16H23N5O3. The first-order valence-corrected chi connectivity index (χ1v) is 8.70. The van der Waals surface area contributed by atoms with Gasteiger partial charge in [-0.1, -0.05) is 0 Å². The van der Waals surface area contributed by atoms with Crippen LogP contribution in [-0.4, -0.2) is 74.8 Å². The molecule has 8 nitrogen and oxygen atoms in total. The molecule has 24 heavy (non-hydrogen) atoms. The maximum absolute atomic E-state index is 12.9. The second-order valence-electron chi connectivity index (χ2n) is 6.93. The zero-order valence-electron chi connectivity index (χ0n) is 13.9. The molecule has 0 bridgehead atoms. The van der Waals surface area contributed by atoms with E-state index in [2.05, 4.69) is 10.1 Å². The highest BCUT2D eigenvalue weighted by Gasteiger charge is 2.45. The molecule has 3 aliphatic heterocycles. The van der Waals surface area contributed by atoms with E-state index >= 15 is 0 Å². The Hall–Kier alpha value is -1.96. The van der Waals surface area contributed by atoms with Crippen LogP contribution in [0.15, 0.2) is 6.33 Å². The highest BCUT2D eigenvalue weighted by molar-refractivity contribution is 5.91. The van der Waals surface area contributed by atoms with Gasteiger partial charge in [-0.3, -0.25) is 14.3 Å². The van der Waals surface area contributed by atoms with Gasteiger partial charge >= 0.3 is 0 Å². The fourth-order valence-corrected chi connectivity index (χ4v) is 4.12. The van der Waals surface area contributed by atoms with E-state index in [9.17, 15) is 9.59 Å². The van der Waals surface area contributed by atoms with Gasteiger partial charge in [-0.05, 0) is 25.7 Å². The summed E-state index contributed by atoms with van der Waals surface area (Å²) in [5, 5.41) is 4.13. The molecule has 0 aliphatic carbocycles. The Labute approximate surface area is 140 Å². The van der Waals surface area contributed by atoms with E-state index in [-0.39, 0.29) is 35.7 Å². The number of aryl methyl sites for hydroxylation is 1. The summed E-state index contributed by atoms with van der Waals surface area (Å²) in [6.45, 7) is 2.75. The van der Waals surface area contributed by atoms with Crippen molar-refractivity contribution in [3.8, 4) is 0 Å². The van der Waals surface area contributed by atoms with E-state index < -0.39 is 0 Å². The molecule has 0 N–H and O–H groups in total. The van der Waals surface area contributed by atoms with Crippen molar-refractivity contribution in [1.29, 1.82) is 0 Å². The van der Waals surface area contributed by atoms with Crippen molar-refractivity contribution in [3.05, 3.63) is 12.2 Å². The van der Waals surface area contributed by atoms with Crippen molar-refractivity contribution < 1.29 is 14.3 Å². The zero-order chi connectivity index (χ0) is 16.7. The molecule has 3 aliphatic rings. The van der Waals surface area contributed by atoms with Gasteiger partial charge in [-0.2, -0.15) is 0 Å². The van der Waals surface area contributed by atoms with E-state index in [1.807, 2.05) is 4.90 Å². The van der Waals surface area contributed by atoms with Crippen LogP contribution in [0.2, 0.25) is 0 Å². The summed E-state index contributed by atoms with van der Waals surface area (Å²) in [5.41, 5.74) is 0. The Morgan fingerprint density at radius 2 is 2.08 bits per heavy atom. The summed E-state index contributed by atoms with van der Waals surface area (Å²) < 4.78 is 7.33. The molecule has 2 amide bonds. The number of carbonyl (C=O) groups excluding carboxylic acids is 2. The lowest BCUT2D eigenvalue weighted by Crippen LogP contribution is -2.55. The van der Waals surface area contributed by atoms with Crippen molar-refractivity contribution in [2.45, 2.75) is 37.8 Å². The molecule has 0 unspecified atom stereocenters. The third-order valence-corrected chi connectivity index (χ3v) is 5.33. The summed E-state index contributed by atoms with van der Waals surface area (Å²) >= 11 is 0. The normalized spacial score (nSPS) is 29.8.